The van der Waals surface area contributed by atoms with Gasteiger partial charge in [-0.05, 0) is 32.0 Å². The zero-order chi connectivity index (χ0) is 15.4. The van der Waals surface area contributed by atoms with E-state index in [0.29, 0.717) is 17.2 Å². The van der Waals surface area contributed by atoms with Crippen LogP contribution in [0.15, 0.2) is 29.2 Å². The predicted octanol–water partition coefficient (Wildman–Crippen LogP) is 3.25. The lowest BCUT2D eigenvalue weighted by atomic mass is 10.1. The second kappa shape index (κ2) is 6.49. The first-order valence-corrected chi connectivity index (χ1v) is 6.90. The summed E-state index contributed by atoms with van der Waals surface area (Å²) in [5, 5.41) is 11.7. The summed E-state index contributed by atoms with van der Waals surface area (Å²) in [5.41, 5.74) is -1.73. The minimum absolute atomic E-state index is 0.389. The lowest BCUT2D eigenvalue weighted by Gasteiger charge is -2.20. The highest BCUT2D eigenvalue weighted by Crippen LogP contribution is 2.31. The first-order chi connectivity index (χ1) is 9.13. The zero-order valence-electron chi connectivity index (χ0n) is 11.1. The van der Waals surface area contributed by atoms with Gasteiger partial charge in [-0.15, -0.1) is 11.8 Å². The molecule has 0 bridgehead atoms. The van der Waals surface area contributed by atoms with Crippen LogP contribution in [0.2, 0.25) is 0 Å². The predicted molar refractivity (Wildman–Crippen MR) is 71.9 cm³/mol. The molecular formula is C13H16F3NO2S. The number of carbonyl (C=O) groups is 1. The number of alkyl halides is 3. The molecule has 7 heteroatoms. The topological polar surface area (TPSA) is 49.3 Å². The summed E-state index contributed by atoms with van der Waals surface area (Å²) in [6.45, 7) is 3.45. The summed E-state index contributed by atoms with van der Waals surface area (Å²) in [6, 6.07) is 5.07. The van der Waals surface area contributed by atoms with Crippen LogP contribution in [0.25, 0.3) is 0 Å². The monoisotopic (exact) mass is 307 g/mol. The molecule has 1 aromatic rings. The summed E-state index contributed by atoms with van der Waals surface area (Å²) in [6.07, 6.45) is -4.35. The van der Waals surface area contributed by atoms with Gasteiger partial charge in [-0.25, -0.2) is 0 Å². The number of thioether (sulfide) groups is 1. The Hall–Kier alpha value is -1.21. The van der Waals surface area contributed by atoms with E-state index in [1.807, 2.05) is 0 Å². The lowest BCUT2D eigenvalue weighted by Crippen LogP contribution is -2.47. The molecule has 0 aliphatic rings. The van der Waals surface area contributed by atoms with Crippen LogP contribution in [-0.4, -0.2) is 28.9 Å². The van der Waals surface area contributed by atoms with E-state index in [4.69, 9.17) is 5.11 Å². The number of aliphatic carboxylic acids is 1. The standard InChI is InChI=1S/C13H16F3NO2S/c1-12(2,11(18)19)17-6-7-20-10-5-3-4-9(8-10)13(14,15)16/h3-5,8,17H,6-7H2,1-2H3,(H,18,19). The van der Waals surface area contributed by atoms with Crippen molar-refractivity contribution in [1.82, 2.24) is 5.32 Å². The highest BCUT2D eigenvalue weighted by atomic mass is 32.2. The second-order valence-corrected chi connectivity index (χ2v) is 5.90. The molecule has 0 aliphatic carbocycles. The molecule has 0 fully saturated rings. The van der Waals surface area contributed by atoms with Crippen molar-refractivity contribution < 1.29 is 23.1 Å². The maximum atomic E-state index is 12.5. The summed E-state index contributed by atoms with van der Waals surface area (Å²) in [5.74, 6) is -0.487. The minimum atomic E-state index is -4.35. The van der Waals surface area contributed by atoms with Crippen molar-refractivity contribution in [2.24, 2.45) is 0 Å². The Morgan fingerprint density at radius 3 is 2.55 bits per heavy atom. The van der Waals surface area contributed by atoms with Crippen LogP contribution < -0.4 is 5.32 Å². The van der Waals surface area contributed by atoms with E-state index in [0.717, 1.165) is 12.1 Å². The maximum Gasteiger partial charge on any atom is 0.416 e. The third-order valence-corrected chi connectivity index (χ3v) is 3.63. The Labute approximate surface area is 119 Å². The number of carboxylic acid groups (broad SMARTS) is 1. The van der Waals surface area contributed by atoms with Crippen molar-refractivity contribution in [3.05, 3.63) is 29.8 Å². The highest BCUT2D eigenvalue weighted by molar-refractivity contribution is 7.99. The fourth-order valence-corrected chi connectivity index (χ4v) is 2.20. The molecule has 1 rings (SSSR count). The van der Waals surface area contributed by atoms with E-state index in [-0.39, 0.29) is 0 Å². The largest absolute Gasteiger partial charge is 0.480 e. The van der Waals surface area contributed by atoms with E-state index in [9.17, 15) is 18.0 Å². The van der Waals surface area contributed by atoms with Gasteiger partial charge in [0.25, 0.3) is 0 Å². The van der Waals surface area contributed by atoms with Gasteiger partial charge in [0.05, 0.1) is 5.56 Å². The second-order valence-electron chi connectivity index (χ2n) is 4.73. The van der Waals surface area contributed by atoms with Gasteiger partial charge in [0.1, 0.15) is 5.54 Å². The molecular weight excluding hydrogens is 291 g/mol. The van der Waals surface area contributed by atoms with Crippen LogP contribution in [-0.2, 0) is 11.0 Å². The Morgan fingerprint density at radius 1 is 1.35 bits per heavy atom. The summed E-state index contributed by atoms with van der Waals surface area (Å²) < 4.78 is 37.5. The summed E-state index contributed by atoms with van der Waals surface area (Å²) in [7, 11) is 0. The van der Waals surface area contributed by atoms with E-state index < -0.39 is 23.2 Å². The summed E-state index contributed by atoms with van der Waals surface area (Å²) in [4.78, 5) is 11.4. The fraction of sp³-hybridized carbons (Fsp3) is 0.462. The number of hydrogen-bond donors (Lipinski definition) is 2. The van der Waals surface area contributed by atoms with Gasteiger partial charge in [-0.1, -0.05) is 6.07 Å². The average Bonchev–Trinajstić information content (AvgIpc) is 2.34. The van der Waals surface area contributed by atoms with Crippen LogP contribution in [0, 0.1) is 0 Å². The van der Waals surface area contributed by atoms with Crippen molar-refractivity contribution in [2.45, 2.75) is 30.5 Å². The zero-order valence-corrected chi connectivity index (χ0v) is 11.9. The Balaban J connectivity index is 2.49. The minimum Gasteiger partial charge on any atom is -0.480 e. The van der Waals surface area contributed by atoms with Crippen LogP contribution in [0.5, 0.6) is 0 Å². The Morgan fingerprint density at radius 2 is 2.00 bits per heavy atom. The molecule has 0 amide bonds. The molecule has 3 nitrogen and oxygen atoms in total. The molecule has 0 saturated heterocycles. The van der Waals surface area contributed by atoms with Crippen LogP contribution in [0.3, 0.4) is 0 Å². The van der Waals surface area contributed by atoms with Gasteiger partial charge >= 0.3 is 12.1 Å². The van der Waals surface area contributed by atoms with Crippen LogP contribution >= 0.6 is 11.8 Å². The molecule has 112 valence electrons. The molecule has 20 heavy (non-hydrogen) atoms. The third kappa shape index (κ3) is 5.05. The van der Waals surface area contributed by atoms with Crippen LogP contribution in [0.4, 0.5) is 13.2 Å². The van der Waals surface area contributed by atoms with Crippen molar-refractivity contribution in [3.8, 4) is 0 Å². The molecule has 0 atom stereocenters. The molecule has 0 aromatic heterocycles. The third-order valence-electron chi connectivity index (χ3n) is 2.63. The molecule has 0 saturated carbocycles. The number of hydrogen-bond acceptors (Lipinski definition) is 3. The van der Waals surface area contributed by atoms with Gasteiger partial charge < -0.3 is 10.4 Å². The van der Waals surface area contributed by atoms with Crippen molar-refractivity contribution in [1.29, 1.82) is 0 Å². The van der Waals surface area contributed by atoms with Gasteiger partial charge in [0, 0.05) is 17.2 Å². The molecule has 0 unspecified atom stereocenters. The van der Waals surface area contributed by atoms with Crippen molar-refractivity contribution in [2.75, 3.05) is 12.3 Å². The Bertz CT molecular complexity index is 475. The highest BCUT2D eigenvalue weighted by Gasteiger charge is 2.30. The van der Waals surface area contributed by atoms with Crippen LogP contribution in [0.1, 0.15) is 19.4 Å². The number of carboxylic acids is 1. The van der Waals surface area contributed by atoms with E-state index in [2.05, 4.69) is 5.32 Å². The van der Waals surface area contributed by atoms with Gasteiger partial charge in [0.2, 0.25) is 0 Å². The van der Waals surface area contributed by atoms with E-state index in [1.54, 1.807) is 6.07 Å². The molecule has 0 radical (unpaired) electrons. The molecule has 0 heterocycles. The molecule has 2 N–H and O–H groups in total. The Kier molecular flexibility index (Phi) is 5.47. The quantitative estimate of drug-likeness (QED) is 0.626. The number of benzene rings is 1. The van der Waals surface area contributed by atoms with E-state index >= 15 is 0 Å². The summed E-state index contributed by atoms with van der Waals surface area (Å²) >= 11 is 1.25. The SMILES string of the molecule is CC(C)(NCCSc1cccc(C(F)(F)F)c1)C(=O)O. The van der Waals surface area contributed by atoms with E-state index in [1.165, 1.54) is 31.7 Å². The number of rotatable bonds is 6. The molecule has 0 spiro atoms. The number of nitrogens with one attached hydrogen (secondary N) is 1. The van der Waals surface area contributed by atoms with Gasteiger partial charge in [-0.3, -0.25) is 4.79 Å². The lowest BCUT2D eigenvalue weighted by molar-refractivity contribution is -0.143. The fourth-order valence-electron chi connectivity index (χ4n) is 1.37. The average molecular weight is 307 g/mol. The smallest absolute Gasteiger partial charge is 0.416 e. The number of halogens is 3. The van der Waals surface area contributed by atoms with Gasteiger partial charge in [-0.2, -0.15) is 13.2 Å². The molecule has 1 aromatic carbocycles. The first-order valence-electron chi connectivity index (χ1n) is 5.91. The van der Waals surface area contributed by atoms with Crippen molar-refractivity contribution >= 4 is 17.7 Å². The maximum absolute atomic E-state index is 12.5. The van der Waals surface area contributed by atoms with Crippen molar-refractivity contribution in [3.63, 3.8) is 0 Å². The molecule has 0 aliphatic heterocycles. The first kappa shape index (κ1) is 16.8. The van der Waals surface area contributed by atoms with Gasteiger partial charge in [0.15, 0.2) is 0 Å². The normalized spacial score (nSPS) is 12.4.